The molecule has 6 nitrogen and oxygen atoms in total. The van der Waals surface area contributed by atoms with Crippen LogP contribution in [-0.4, -0.2) is 67.0 Å². The lowest BCUT2D eigenvalue weighted by Crippen LogP contribution is -2.53. The Kier molecular flexibility index (Phi) is 5.71. The Bertz CT molecular complexity index is 604. The van der Waals surface area contributed by atoms with Gasteiger partial charge in [0.15, 0.2) is 0 Å². The van der Waals surface area contributed by atoms with Crippen LogP contribution in [0, 0.1) is 0 Å². The van der Waals surface area contributed by atoms with Gasteiger partial charge < -0.3 is 19.9 Å². The van der Waals surface area contributed by atoms with Crippen molar-refractivity contribution in [1.29, 1.82) is 0 Å². The van der Waals surface area contributed by atoms with Crippen LogP contribution in [0.3, 0.4) is 0 Å². The maximum Gasteiger partial charge on any atom is 0.242 e. The van der Waals surface area contributed by atoms with Crippen LogP contribution in [0.25, 0.3) is 0 Å². The lowest BCUT2D eigenvalue weighted by atomic mass is 10.1. The van der Waals surface area contributed by atoms with Crippen LogP contribution in [0.2, 0.25) is 5.02 Å². The van der Waals surface area contributed by atoms with Crippen molar-refractivity contribution < 1.29 is 14.3 Å². The van der Waals surface area contributed by atoms with E-state index in [-0.39, 0.29) is 24.4 Å². The minimum atomic E-state index is -0.0255. The van der Waals surface area contributed by atoms with Crippen LogP contribution in [0.5, 0.6) is 0 Å². The van der Waals surface area contributed by atoms with Crippen molar-refractivity contribution in [2.24, 2.45) is 0 Å². The number of carbonyl (C=O) groups is 2. The Morgan fingerprint density at radius 1 is 1.38 bits per heavy atom. The fourth-order valence-electron chi connectivity index (χ4n) is 3.03. The molecule has 0 spiro atoms. The van der Waals surface area contributed by atoms with Gasteiger partial charge in [-0.15, -0.1) is 0 Å². The summed E-state index contributed by atoms with van der Waals surface area (Å²) in [5.41, 5.74) is 0.999. The molecule has 0 aliphatic carbocycles. The molecule has 0 bridgehead atoms. The molecule has 0 radical (unpaired) electrons. The van der Waals surface area contributed by atoms with E-state index in [1.165, 1.54) is 0 Å². The number of nitrogens with zero attached hydrogens (tertiary/aromatic N) is 2. The monoisotopic (exact) mass is 351 g/mol. The molecule has 0 aromatic heterocycles. The first-order valence-electron chi connectivity index (χ1n) is 8.23. The molecule has 3 rings (SSSR count). The van der Waals surface area contributed by atoms with E-state index < -0.39 is 0 Å². The molecule has 1 aromatic rings. The number of ether oxygens (including phenoxy) is 1. The summed E-state index contributed by atoms with van der Waals surface area (Å²) in [5.74, 6) is -0.0174. The van der Waals surface area contributed by atoms with Gasteiger partial charge in [-0.25, -0.2) is 0 Å². The predicted molar refractivity (Wildman–Crippen MR) is 90.7 cm³/mol. The van der Waals surface area contributed by atoms with Crippen molar-refractivity contribution in [1.82, 2.24) is 15.1 Å². The Hall–Kier alpha value is -1.63. The molecule has 2 fully saturated rings. The van der Waals surface area contributed by atoms with Crippen LogP contribution < -0.4 is 5.32 Å². The van der Waals surface area contributed by atoms with Crippen LogP contribution in [0.1, 0.15) is 12.0 Å². The first-order valence-corrected chi connectivity index (χ1v) is 8.61. The molecule has 2 saturated heterocycles. The fourth-order valence-corrected chi connectivity index (χ4v) is 3.25. The quantitative estimate of drug-likeness (QED) is 0.875. The highest BCUT2D eigenvalue weighted by molar-refractivity contribution is 6.30. The smallest absolute Gasteiger partial charge is 0.242 e. The minimum Gasteiger partial charge on any atom is -0.378 e. The molecule has 2 aliphatic rings. The third kappa shape index (κ3) is 4.47. The number of carbonyl (C=O) groups excluding carboxylic acids is 2. The molecule has 1 atom stereocenters. The van der Waals surface area contributed by atoms with Crippen molar-refractivity contribution in [2.75, 3.05) is 39.4 Å². The summed E-state index contributed by atoms with van der Waals surface area (Å²) < 4.78 is 5.37. The zero-order valence-electron chi connectivity index (χ0n) is 13.5. The molecule has 24 heavy (non-hydrogen) atoms. The predicted octanol–water partition coefficient (Wildman–Crippen LogP) is 0.889. The van der Waals surface area contributed by atoms with Gasteiger partial charge in [0.1, 0.15) is 0 Å². The molecule has 2 heterocycles. The summed E-state index contributed by atoms with van der Waals surface area (Å²) >= 11 is 5.98. The average molecular weight is 352 g/mol. The second-order valence-electron chi connectivity index (χ2n) is 6.19. The van der Waals surface area contributed by atoms with E-state index in [0.29, 0.717) is 44.3 Å². The number of nitrogens with one attached hydrogen (secondary N) is 1. The maximum atomic E-state index is 12.4. The zero-order chi connectivity index (χ0) is 16.9. The lowest BCUT2D eigenvalue weighted by molar-refractivity contribution is -0.146. The van der Waals surface area contributed by atoms with Crippen LogP contribution in [0.15, 0.2) is 24.3 Å². The summed E-state index contributed by atoms with van der Waals surface area (Å²) in [6.07, 6.45) is 0.377. The number of hydrogen-bond donors (Lipinski definition) is 1. The Labute approximate surface area is 146 Å². The van der Waals surface area contributed by atoms with Gasteiger partial charge in [-0.1, -0.05) is 23.7 Å². The topological polar surface area (TPSA) is 61.9 Å². The molecule has 130 valence electrons. The molecular formula is C17H22ClN3O3. The van der Waals surface area contributed by atoms with E-state index in [1.54, 1.807) is 9.80 Å². The van der Waals surface area contributed by atoms with Gasteiger partial charge in [-0.05, 0) is 17.7 Å². The third-order valence-electron chi connectivity index (χ3n) is 4.35. The summed E-state index contributed by atoms with van der Waals surface area (Å²) in [5, 5.41) is 3.93. The van der Waals surface area contributed by atoms with Crippen molar-refractivity contribution >= 4 is 23.4 Å². The average Bonchev–Trinajstić information content (AvgIpc) is 2.57. The maximum absolute atomic E-state index is 12.4. The van der Waals surface area contributed by atoms with Gasteiger partial charge in [0.2, 0.25) is 11.8 Å². The van der Waals surface area contributed by atoms with Gasteiger partial charge in [0.25, 0.3) is 0 Å². The molecule has 7 heteroatoms. The van der Waals surface area contributed by atoms with Crippen LogP contribution in [-0.2, 0) is 20.9 Å². The van der Waals surface area contributed by atoms with Gasteiger partial charge in [0, 0.05) is 43.7 Å². The third-order valence-corrected chi connectivity index (χ3v) is 4.59. The number of piperazine rings is 1. The largest absolute Gasteiger partial charge is 0.378 e. The van der Waals surface area contributed by atoms with Gasteiger partial charge in [-0.3, -0.25) is 9.59 Å². The Balaban J connectivity index is 1.51. The van der Waals surface area contributed by atoms with Gasteiger partial charge in [0.05, 0.1) is 19.8 Å². The highest BCUT2D eigenvalue weighted by atomic mass is 35.5. The second-order valence-corrected chi connectivity index (χ2v) is 6.63. The standard InChI is InChI=1S/C17H22ClN3O3/c18-14-3-1-2-13(8-14)10-20-5-6-21(11-17(20)23)16(22)9-15-12-24-7-4-19-15/h1-3,8,15,19H,4-7,9-12H2. The van der Waals surface area contributed by atoms with E-state index in [4.69, 9.17) is 16.3 Å². The lowest BCUT2D eigenvalue weighted by Gasteiger charge is -2.35. The summed E-state index contributed by atoms with van der Waals surface area (Å²) in [6.45, 7) is 3.79. The molecule has 1 N–H and O–H groups in total. The molecule has 2 amide bonds. The molecule has 0 saturated carbocycles. The summed E-state index contributed by atoms with van der Waals surface area (Å²) in [4.78, 5) is 28.1. The van der Waals surface area contributed by atoms with Gasteiger partial charge >= 0.3 is 0 Å². The van der Waals surface area contributed by atoms with E-state index in [2.05, 4.69) is 5.32 Å². The van der Waals surface area contributed by atoms with E-state index in [0.717, 1.165) is 12.1 Å². The van der Waals surface area contributed by atoms with E-state index in [1.807, 2.05) is 24.3 Å². The highest BCUT2D eigenvalue weighted by Gasteiger charge is 2.28. The second kappa shape index (κ2) is 7.96. The molecule has 1 aromatic carbocycles. The number of rotatable bonds is 4. The van der Waals surface area contributed by atoms with E-state index >= 15 is 0 Å². The zero-order valence-corrected chi connectivity index (χ0v) is 14.3. The van der Waals surface area contributed by atoms with Gasteiger partial charge in [-0.2, -0.15) is 0 Å². The molecular weight excluding hydrogens is 330 g/mol. The van der Waals surface area contributed by atoms with Crippen molar-refractivity contribution in [3.8, 4) is 0 Å². The first kappa shape index (κ1) is 17.2. The van der Waals surface area contributed by atoms with Crippen LogP contribution >= 0.6 is 11.6 Å². The van der Waals surface area contributed by atoms with E-state index in [9.17, 15) is 9.59 Å². The number of benzene rings is 1. The molecule has 2 aliphatic heterocycles. The van der Waals surface area contributed by atoms with Crippen LogP contribution in [0.4, 0.5) is 0 Å². The normalized spacial score (nSPS) is 21.9. The van der Waals surface area contributed by atoms with Crippen molar-refractivity contribution in [2.45, 2.75) is 19.0 Å². The summed E-state index contributed by atoms with van der Waals surface area (Å²) in [6, 6.07) is 7.55. The SMILES string of the molecule is O=C(CC1COCCN1)N1CCN(Cc2cccc(Cl)c2)C(=O)C1. The van der Waals surface area contributed by atoms with Crippen molar-refractivity contribution in [3.63, 3.8) is 0 Å². The number of halogens is 1. The minimum absolute atomic E-state index is 0.00811. The Morgan fingerprint density at radius 3 is 2.96 bits per heavy atom. The number of morpholine rings is 1. The fraction of sp³-hybridized carbons (Fsp3) is 0.529. The number of amides is 2. The number of hydrogen-bond acceptors (Lipinski definition) is 4. The summed E-state index contributed by atoms with van der Waals surface area (Å²) in [7, 11) is 0. The Morgan fingerprint density at radius 2 is 2.25 bits per heavy atom. The highest BCUT2D eigenvalue weighted by Crippen LogP contribution is 2.15. The molecule has 1 unspecified atom stereocenters. The van der Waals surface area contributed by atoms with Crippen molar-refractivity contribution in [3.05, 3.63) is 34.9 Å². The first-order chi connectivity index (χ1) is 11.6.